The van der Waals surface area contributed by atoms with Crippen molar-refractivity contribution in [2.75, 3.05) is 26.2 Å². The molecule has 0 spiro atoms. The fourth-order valence-electron chi connectivity index (χ4n) is 1.91. The van der Waals surface area contributed by atoms with Gasteiger partial charge in [0, 0.05) is 25.7 Å². The average Bonchev–Trinajstić information content (AvgIpc) is 2.32. The topological polar surface area (TPSA) is 58.7 Å². The van der Waals surface area contributed by atoms with Crippen LogP contribution in [0.2, 0.25) is 0 Å². The molecule has 1 aromatic carbocycles. The lowest BCUT2D eigenvalue weighted by molar-refractivity contribution is 0.0174. The molecule has 1 aliphatic heterocycles. The maximum absolute atomic E-state index is 8.82. The first-order valence-electron chi connectivity index (χ1n) is 6.08. The van der Waals surface area contributed by atoms with Crippen LogP contribution in [0.3, 0.4) is 0 Å². The first-order valence-corrected chi connectivity index (χ1v) is 6.08. The normalized spacial score (nSPS) is 17.7. The Labute approximate surface area is 114 Å². The van der Waals surface area contributed by atoms with Crippen LogP contribution in [0.4, 0.5) is 0 Å². The predicted octanol–water partition coefficient (Wildman–Crippen LogP) is 0.881. The van der Waals surface area contributed by atoms with Crippen LogP contribution in [-0.4, -0.2) is 48.4 Å². The molecule has 2 rings (SSSR count). The van der Waals surface area contributed by atoms with Crippen molar-refractivity contribution in [3.8, 4) is 5.75 Å². The summed E-state index contributed by atoms with van der Waals surface area (Å²) in [5.74, 6) is 0.934. The van der Waals surface area contributed by atoms with Crippen LogP contribution in [-0.2, 0) is 0 Å². The van der Waals surface area contributed by atoms with E-state index in [-0.39, 0.29) is 25.1 Å². The fourth-order valence-corrected chi connectivity index (χ4v) is 1.91. The van der Waals surface area contributed by atoms with Crippen molar-refractivity contribution in [3.05, 3.63) is 30.3 Å². The molecule has 4 nitrogen and oxygen atoms in total. The monoisotopic (exact) mass is 272 g/mol. The van der Waals surface area contributed by atoms with Gasteiger partial charge in [0.05, 0.1) is 6.61 Å². The fraction of sp³-hybridized carbons (Fsp3) is 0.538. The lowest BCUT2D eigenvalue weighted by Crippen LogP contribution is -2.54. The van der Waals surface area contributed by atoms with E-state index in [4.69, 9.17) is 15.6 Å². The van der Waals surface area contributed by atoms with E-state index in [2.05, 4.69) is 4.90 Å². The van der Waals surface area contributed by atoms with Gasteiger partial charge in [-0.25, -0.2) is 0 Å². The van der Waals surface area contributed by atoms with Gasteiger partial charge in [0.15, 0.2) is 0 Å². The van der Waals surface area contributed by atoms with Crippen molar-refractivity contribution in [1.29, 1.82) is 0 Å². The van der Waals surface area contributed by atoms with E-state index < -0.39 is 0 Å². The summed E-state index contributed by atoms with van der Waals surface area (Å²) in [6.45, 7) is 2.91. The van der Waals surface area contributed by atoms with E-state index in [1.54, 1.807) is 0 Å². The zero-order chi connectivity index (χ0) is 12.1. The van der Waals surface area contributed by atoms with Gasteiger partial charge in [0.2, 0.25) is 0 Å². The van der Waals surface area contributed by atoms with Crippen molar-refractivity contribution in [2.24, 2.45) is 5.73 Å². The molecule has 0 saturated carbocycles. The molecule has 0 bridgehead atoms. The number of nitrogens with two attached hydrogens (primary N) is 1. The van der Waals surface area contributed by atoms with E-state index in [9.17, 15) is 0 Å². The number of para-hydroxylation sites is 1. The molecule has 1 aromatic rings. The van der Waals surface area contributed by atoms with E-state index in [1.165, 1.54) is 0 Å². The highest BCUT2D eigenvalue weighted by molar-refractivity contribution is 5.85. The van der Waals surface area contributed by atoms with Gasteiger partial charge in [-0.15, -0.1) is 12.4 Å². The minimum absolute atomic E-state index is 0. The molecule has 1 atom stereocenters. The summed E-state index contributed by atoms with van der Waals surface area (Å²) in [5, 5.41) is 8.82. The summed E-state index contributed by atoms with van der Waals surface area (Å²) in [6, 6.07) is 9.80. The molecule has 1 unspecified atom stereocenters. The van der Waals surface area contributed by atoms with Crippen LogP contribution < -0.4 is 10.5 Å². The second-order valence-electron chi connectivity index (χ2n) is 4.54. The summed E-state index contributed by atoms with van der Waals surface area (Å²) in [4.78, 5) is 2.29. The Bertz CT molecular complexity index is 331. The van der Waals surface area contributed by atoms with Gasteiger partial charge >= 0.3 is 0 Å². The smallest absolute Gasteiger partial charge is 0.124 e. The largest absolute Gasteiger partial charge is 0.488 e. The highest BCUT2D eigenvalue weighted by Gasteiger charge is 2.28. The van der Waals surface area contributed by atoms with Crippen molar-refractivity contribution in [2.45, 2.75) is 18.6 Å². The van der Waals surface area contributed by atoms with Gasteiger partial charge in [-0.2, -0.15) is 0 Å². The van der Waals surface area contributed by atoms with Gasteiger partial charge in [-0.1, -0.05) is 18.2 Å². The number of hydrogen-bond acceptors (Lipinski definition) is 4. The molecule has 1 heterocycles. The molecule has 1 fully saturated rings. The molecule has 0 aliphatic carbocycles. The van der Waals surface area contributed by atoms with Gasteiger partial charge in [0.1, 0.15) is 11.9 Å². The molecule has 1 saturated heterocycles. The van der Waals surface area contributed by atoms with Gasteiger partial charge in [-0.3, -0.25) is 4.90 Å². The number of nitrogens with zero attached hydrogens (tertiary/aromatic N) is 1. The Morgan fingerprint density at radius 1 is 1.33 bits per heavy atom. The number of benzene rings is 1. The predicted molar refractivity (Wildman–Crippen MR) is 74.2 cm³/mol. The molecule has 1 aliphatic rings. The maximum atomic E-state index is 8.82. The minimum Gasteiger partial charge on any atom is -0.488 e. The van der Waals surface area contributed by atoms with Crippen LogP contribution in [0.25, 0.3) is 0 Å². The Kier molecular flexibility index (Phi) is 6.43. The lowest BCUT2D eigenvalue weighted by atomic mass is 10.1. The molecule has 102 valence electrons. The van der Waals surface area contributed by atoms with Crippen LogP contribution in [0.15, 0.2) is 30.3 Å². The Morgan fingerprint density at radius 3 is 2.61 bits per heavy atom. The first-order chi connectivity index (χ1) is 8.28. The summed E-state index contributed by atoms with van der Waals surface area (Å²) < 4.78 is 5.79. The molecule has 3 N–H and O–H groups in total. The van der Waals surface area contributed by atoms with Crippen LogP contribution in [0.1, 0.15) is 6.42 Å². The Hall–Kier alpha value is -0.810. The standard InChI is InChI=1S/C13H20N2O2.ClH/c14-11(10-16)6-7-15-8-13(9-15)17-12-4-2-1-3-5-12;/h1-5,11,13,16H,6-10,14H2;1H. The molecule has 18 heavy (non-hydrogen) atoms. The molecule has 0 radical (unpaired) electrons. The summed E-state index contributed by atoms with van der Waals surface area (Å²) in [7, 11) is 0. The molecule has 5 heteroatoms. The minimum atomic E-state index is -0.0934. The highest BCUT2D eigenvalue weighted by atomic mass is 35.5. The summed E-state index contributed by atoms with van der Waals surface area (Å²) in [5.41, 5.74) is 5.65. The first kappa shape index (κ1) is 15.2. The number of halogens is 1. The third-order valence-electron chi connectivity index (χ3n) is 3.02. The second kappa shape index (κ2) is 7.59. The SMILES string of the molecule is Cl.NC(CO)CCN1CC(Oc2ccccc2)C1. The second-order valence-corrected chi connectivity index (χ2v) is 4.54. The van der Waals surface area contributed by atoms with E-state index in [0.717, 1.165) is 31.8 Å². The van der Waals surface area contributed by atoms with E-state index >= 15 is 0 Å². The summed E-state index contributed by atoms with van der Waals surface area (Å²) in [6.07, 6.45) is 1.14. The highest BCUT2D eigenvalue weighted by Crippen LogP contribution is 2.17. The number of hydrogen-bond donors (Lipinski definition) is 2. The Balaban J connectivity index is 0.00000162. The lowest BCUT2D eigenvalue weighted by Gasteiger charge is -2.39. The van der Waals surface area contributed by atoms with Crippen LogP contribution >= 0.6 is 12.4 Å². The molecular formula is C13H21ClN2O2. The maximum Gasteiger partial charge on any atom is 0.124 e. The van der Waals surface area contributed by atoms with Crippen molar-refractivity contribution >= 4 is 12.4 Å². The number of ether oxygens (including phenoxy) is 1. The summed E-state index contributed by atoms with van der Waals surface area (Å²) >= 11 is 0. The van der Waals surface area contributed by atoms with Gasteiger partial charge in [0.25, 0.3) is 0 Å². The third kappa shape index (κ3) is 4.46. The number of aliphatic hydroxyl groups is 1. The zero-order valence-corrected chi connectivity index (χ0v) is 11.2. The zero-order valence-electron chi connectivity index (χ0n) is 10.4. The average molecular weight is 273 g/mol. The Morgan fingerprint density at radius 2 is 2.00 bits per heavy atom. The number of aliphatic hydroxyl groups excluding tert-OH is 1. The molecular weight excluding hydrogens is 252 g/mol. The van der Waals surface area contributed by atoms with Crippen molar-refractivity contribution in [3.63, 3.8) is 0 Å². The van der Waals surface area contributed by atoms with Gasteiger partial charge in [-0.05, 0) is 18.6 Å². The third-order valence-corrected chi connectivity index (χ3v) is 3.02. The van der Waals surface area contributed by atoms with Crippen molar-refractivity contribution in [1.82, 2.24) is 4.90 Å². The molecule has 0 aromatic heterocycles. The molecule has 0 amide bonds. The van der Waals surface area contributed by atoms with Crippen LogP contribution in [0.5, 0.6) is 5.75 Å². The van der Waals surface area contributed by atoms with Crippen LogP contribution in [0, 0.1) is 0 Å². The van der Waals surface area contributed by atoms with Crippen molar-refractivity contribution < 1.29 is 9.84 Å². The number of likely N-dealkylation sites (tertiary alicyclic amines) is 1. The van der Waals surface area contributed by atoms with E-state index in [0.29, 0.717) is 6.10 Å². The van der Waals surface area contributed by atoms with E-state index in [1.807, 2.05) is 30.3 Å². The number of rotatable bonds is 6. The quantitative estimate of drug-likeness (QED) is 0.807. The van der Waals surface area contributed by atoms with Gasteiger partial charge < -0.3 is 15.6 Å².